The summed E-state index contributed by atoms with van der Waals surface area (Å²) in [7, 11) is 0. The van der Waals surface area contributed by atoms with Crippen LogP contribution in [-0.4, -0.2) is 11.0 Å². The maximum Gasteiger partial charge on any atom is 0.131 e. The number of rotatable bonds is 2. The van der Waals surface area contributed by atoms with E-state index in [0.717, 1.165) is 18.4 Å². The van der Waals surface area contributed by atoms with Crippen molar-refractivity contribution in [3.8, 4) is 0 Å². The van der Waals surface area contributed by atoms with Gasteiger partial charge in [0, 0.05) is 6.04 Å². The van der Waals surface area contributed by atoms with E-state index >= 15 is 0 Å². The molecule has 0 aliphatic heterocycles. The van der Waals surface area contributed by atoms with Crippen molar-refractivity contribution in [2.24, 2.45) is 11.7 Å². The molecule has 16 heavy (non-hydrogen) atoms. The molecule has 2 N–H and O–H groups in total. The van der Waals surface area contributed by atoms with Crippen molar-refractivity contribution < 1.29 is 0 Å². The van der Waals surface area contributed by atoms with Crippen molar-refractivity contribution in [2.45, 2.75) is 38.1 Å². The Balaban J connectivity index is 2.07. The second kappa shape index (κ2) is 5.35. The van der Waals surface area contributed by atoms with E-state index in [4.69, 9.17) is 28.9 Å². The predicted molar refractivity (Wildman–Crippen MR) is 67.9 cm³/mol. The van der Waals surface area contributed by atoms with Gasteiger partial charge in [0.15, 0.2) is 0 Å². The van der Waals surface area contributed by atoms with Crippen LogP contribution in [0.4, 0.5) is 0 Å². The molecule has 1 aliphatic carbocycles. The zero-order valence-electron chi connectivity index (χ0n) is 9.13. The fourth-order valence-corrected chi connectivity index (χ4v) is 2.93. The number of hydrogen-bond donors (Lipinski definition) is 1. The predicted octanol–water partition coefficient (Wildman–Crippen LogP) is 3.45. The van der Waals surface area contributed by atoms with Crippen LogP contribution in [0.2, 0.25) is 10.3 Å². The number of hydrogen-bond acceptors (Lipinski definition) is 2. The average molecular weight is 259 g/mol. The van der Waals surface area contributed by atoms with Gasteiger partial charge >= 0.3 is 0 Å². The molecule has 1 aromatic heterocycles. The van der Waals surface area contributed by atoms with E-state index in [2.05, 4.69) is 4.98 Å². The van der Waals surface area contributed by atoms with E-state index in [9.17, 15) is 0 Å². The highest BCUT2D eigenvalue weighted by Gasteiger charge is 2.22. The van der Waals surface area contributed by atoms with Crippen LogP contribution < -0.4 is 5.73 Å². The normalized spacial score (nSPS) is 25.7. The highest BCUT2D eigenvalue weighted by atomic mass is 35.5. The summed E-state index contributed by atoms with van der Waals surface area (Å²) >= 11 is 11.8. The molecule has 2 rings (SSSR count). The molecule has 0 saturated heterocycles. The summed E-state index contributed by atoms with van der Waals surface area (Å²) in [5.41, 5.74) is 7.27. The van der Waals surface area contributed by atoms with Crippen LogP contribution in [0.5, 0.6) is 0 Å². The molecule has 1 saturated carbocycles. The standard InChI is InChI=1S/C12H16Cl2N2/c13-11-6-8(7-12(14)16-11)5-9-3-1-2-4-10(9)15/h6-7,9-10H,1-5,15H2/t9-,10-/m0/s1. The van der Waals surface area contributed by atoms with Gasteiger partial charge in [0.05, 0.1) is 0 Å². The maximum absolute atomic E-state index is 6.12. The Hall–Kier alpha value is -0.310. The summed E-state index contributed by atoms with van der Waals surface area (Å²) in [5.74, 6) is 0.559. The Morgan fingerprint density at radius 3 is 2.44 bits per heavy atom. The number of nitrogens with zero attached hydrogens (tertiary/aromatic N) is 1. The van der Waals surface area contributed by atoms with Crippen molar-refractivity contribution in [1.29, 1.82) is 0 Å². The molecule has 1 aromatic rings. The summed E-state index contributed by atoms with van der Waals surface area (Å²) in [6.45, 7) is 0. The average Bonchev–Trinajstić information content (AvgIpc) is 2.20. The summed E-state index contributed by atoms with van der Waals surface area (Å²) in [5, 5.41) is 0.929. The van der Waals surface area contributed by atoms with Crippen molar-refractivity contribution in [2.75, 3.05) is 0 Å². The number of pyridine rings is 1. The van der Waals surface area contributed by atoms with Crippen LogP contribution in [0.25, 0.3) is 0 Å². The Bertz CT molecular complexity index is 348. The minimum atomic E-state index is 0.319. The van der Waals surface area contributed by atoms with E-state index in [1.807, 2.05) is 12.1 Å². The van der Waals surface area contributed by atoms with Gasteiger partial charge in [-0.1, -0.05) is 36.0 Å². The topological polar surface area (TPSA) is 38.9 Å². The third kappa shape index (κ3) is 3.09. The molecule has 0 bridgehead atoms. The van der Waals surface area contributed by atoms with Gasteiger partial charge in [0.25, 0.3) is 0 Å². The van der Waals surface area contributed by atoms with Gasteiger partial charge in [0.2, 0.25) is 0 Å². The van der Waals surface area contributed by atoms with E-state index in [1.54, 1.807) is 0 Å². The number of nitrogens with two attached hydrogens (primary N) is 1. The Morgan fingerprint density at radius 1 is 1.19 bits per heavy atom. The summed E-state index contributed by atoms with van der Waals surface area (Å²) in [6.07, 6.45) is 5.85. The maximum atomic E-state index is 6.12. The fourth-order valence-electron chi connectivity index (χ4n) is 2.42. The van der Waals surface area contributed by atoms with Crippen LogP contribution in [0, 0.1) is 5.92 Å². The molecule has 1 aliphatic rings. The van der Waals surface area contributed by atoms with E-state index in [1.165, 1.54) is 19.3 Å². The number of aromatic nitrogens is 1. The van der Waals surface area contributed by atoms with Gasteiger partial charge in [-0.3, -0.25) is 0 Å². The van der Waals surface area contributed by atoms with Crippen LogP contribution in [0.15, 0.2) is 12.1 Å². The van der Waals surface area contributed by atoms with Gasteiger partial charge < -0.3 is 5.73 Å². The van der Waals surface area contributed by atoms with Gasteiger partial charge in [-0.15, -0.1) is 0 Å². The molecule has 0 radical (unpaired) electrons. The SMILES string of the molecule is N[C@H]1CCCC[C@H]1Cc1cc(Cl)nc(Cl)c1. The van der Waals surface area contributed by atoms with Gasteiger partial charge in [-0.2, -0.15) is 0 Å². The molecular formula is C12H16Cl2N2. The minimum absolute atomic E-state index is 0.319. The first-order valence-corrected chi connectivity index (χ1v) is 6.48. The second-order valence-electron chi connectivity index (χ2n) is 4.53. The lowest BCUT2D eigenvalue weighted by molar-refractivity contribution is 0.306. The summed E-state index contributed by atoms with van der Waals surface area (Å²) in [4.78, 5) is 3.95. The lowest BCUT2D eigenvalue weighted by Gasteiger charge is -2.28. The van der Waals surface area contributed by atoms with Crippen molar-refractivity contribution in [3.05, 3.63) is 28.0 Å². The zero-order chi connectivity index (χ0) is 11.5. The molecule has 2 nitrogen and oxygen atoms in total. The lowest BCUT2D eigenvalue weighted by Crippen LogP contribution is -2.34. The fraction of sp³-hybridized carbons (Fsp3) is 0.583. The van der Waals surface area contributed by atoms with Crippen molar-refractivity contribution >= 4 is 23.2 Å². The number of halogens is 2. The van der Waals surface area contributed by atoms with Crippen LogP contribution in [0.1, 0.15) is 31.2 Å². The first kappa shape index (κ1) is 12.2. The molecule has 88 valence electrons. The van der Waals surface area contributed by atoms with Crippen LogP contribution in [-0.2, 0) is 6.42 Å². The molecule has 0 spiro atoms. The Kier molecular flexibility index (Phi) is 4.06. The van der Waals surface area contributed by atoms with E-state index in [0.29, 0.717) is 22.3 Å². The first-order valence-electron chi connectivity index (χ1n) is 5.72. The molecule has 0 amide bonds. The van der Waals surface area contributed by atoms with E-state index in [-0.39, 0.29) is 0 Å². The van der Waals surface area contributed by atoms with E-state index < -0.39 is 0 Å². The second-order valence-corrected chi connectivity index (χ2v) is 5.31. The smallest absolute Gasteiger partial charge is 0.131 e. The molecule has 0 unspecified atom stereocenters. The summed E-state index contributed by atoms with van der Waals surface area (Å²) < 4.78 is 0. The third-order valence-electron chi connectivity index (χ3n) is 3.29. The molecule has 0 aromatic carbocycles. The molecule has 1 heterocycles. The molecule has 2 atom stereocenters. The van der Waals surface area contributed by atoms with Crippen molar-refractivity contribution in [1.82, 2.24) is 4.98 Å². The molecular weight excluding hydrogens is 243 g/mol. The molecule has 4 heteroatoms. The Labute approximate surface area is 106 Å². The monoisotopic (exact) mass is 258 g/mol. The minimum Gasteiger partial charge on any atom is -0.327 e. The largest absolute Gasteiger partial charge is 0.327 e. The third-order valence-corrected chi connectivity index (χ3v) is 3.68. The highest BCUT2D eigenvalue weighted by Crippen LogP contribution is 2.27. The lowest BCUT2D eigenvalue weighted by atomic mass is 9.81. The Morgan fingerprint density at radius 2 is 1.81 bits per heavy atom. The summed E-state index contributed by atoms with van der Waals surface area (Å²) in [6, 6.07) is 4.09. The van der Waals surface area contributed by atoms with Crippen LogP contribution >= 0.6 is 23.2 Å². The first-order chi connectivity index (χ1) is 7.65. The zero-order valence-corrected chi connectivity index (χ0v) is 10.6. The van der Waals surface area contributed by atoms with Gasteiger partial charge in [-0.05, 0) is 42.9 Å². The highest BCUT2D eigenvalue weighted by molar-refractivity contribution is 6.32. The van der Waals surface area contributed by atoms with Gasteiger partial charge in [0.1, 0.15) is 10.3 Å². The molecule has 1 fully saturated rings. The quantitative estimate of drug-likeness (QED) is 0.826. The van der Waals surface area contributed by atoms with Crippen LogP contribution in [0.3, 0.4) is 0 Å². The van der Waals surface area contributed by atoms with Crippen molar-refractivity contribution in [3.63, 3.8) is 0 Å². The van der Waals surface area contributed by atoms with Gasteiger partial charge in [-0.25, -0.2) is 4.98 Å².